The predicted molar refractivity (Wildman–Crippen MR) is 92.6 cm³/mol. The second-order valence-corrected chi connectivity index (χ2v) is 6.22. The zero-order valence-corrected chi connectivity index (χ0v) is 14.5. The highest BCUT2D eigenvalue weighted by Crippen LogP contribution is 2.19. The number of carbonyl (C=O) groups is 1. The molecule has 1 amide bonds. The number of hydrogen-bond acceptors (Lipinski definition) is 5. The first-order valence-electron chi connectivity index (χ1n) is 8.24. The average molecular weight is 339 g/mol. The lowest BCUT2D eigenvalue weighted by Gasteiger charge is -2.10. The summed E-state index contributed by atoms with van der Waals surface area (Å²) in [5, 5.41) is 15.1. The van der Waals surface area contributed by atoms with E-state index < -0.39 is 0 Å². The van der Waals surface area contributed by atoms with Gasteiger partial charge in [0, 0.05) is 5.56 Å². The van der Waals surface area contributed by atoms with Crippen molar-refractivity contribution in [2.75, 3.05) is 0 Å². The Morgan fingerprint density at radius 3 is 2.60 bits per heavy atom. The summed E-state index contributed by atoms with van der Waals surface area (Å²) in [4.78, 5) is 13.4. The van der Waals surface area contributed by atoms with E-state index >= 15 is 0 Å². The Morgan fingerprint density at radius 2 is 1.96 bits per heavy atom. The zero-order valence-electron chi connectivity index (χ0n) is 14.5. The van der Waals surface area contributed by atoms with Gasteiger partial charge in [-0.2, -0.15) is 4.80 Å². The van der Waals surface area contributed by atoms with Gasteiger partial charge in [-0.25, -0.2) is 0 Å². The molecule has 0 bridgehead atoms. The van der Waals surface area contributed by atoms with Crippen LogP contribution in [0, 0.1) is 0 Å². The van der Waals surface area contributed by atoms with Gasteiger partial charge >= 0.3 is 0 Å². The van der Waals surface area contributed by atoms with E-state index in [2.05, 4.69) is 46.7 Å². The molecule has 25 heavy (non-hydrogen) atoms. The summed E-state index contributed by atoms with van der Waals surface area (Å²) in [6.45, 7) is 6.15. The molecule has 2 aromatic heterocycles. The molecule has 0 unspecified atom stereocenters. The van der Waals surface area contributed by atoms with Crippen molar-refractivity contribution in [3.05, 3.63) is 54.0 Å². The number of tetrazole rings is 1. The second-order valence-electron chi connectivity index (χ2n) is 6.22. The summed E-state index contributed by atoms with van der Waals surface area (Å²) >= 11 is 0. The van der Waals surface area contributed by atoms with E-state index in [0.717, 1.165) is 5.56 Å². The van der Waals surface area contributed by atoms with Crippen molar-refractivity contribution in [3.8, 4) is 11.4 Å². The third kappa shape index (κ3) is 4.12. The van der Waals surface area contributed by atoms with Crippen LogP contribution in [-0.4, -0.2) is 26.1 Å². The maximum Gasteiger partial charge on any atom is 0.244 e. The van der Waals surface area contributed by atoms with Crippen molar-refractivity contribution >= 4 is 5.91 Å². The van der Waals surface area contributed by atoms with Crippen LogP contribution in [0.1, 0.15) is 44.1 Å². The number of nitrogens with one attached hydrogen (secondary N) is 1. The first kappa shape index (κ1) is 16.9. The number of benzene rings is 1. The SMILES string of the molecule is CC(C)c1ccc(-c2nnn(CC(=O)N[C@H](C)c3ccco3)n2)cc1. The van der Waals surface area contributed by atoms with Gasteiger partial charge in [-0.3, -0.25) is 4.79 Å². The van der Waals surface area contributed by atoms with Gasteiger partial charge in [-0.05, 0) is 35.8 Å². The normalized spacial score (nSPS) is 12.3. The molecule has 0 aliphatic carbocycles. The van der Waals surface area contributed by atoms with Gasteiger partial charge in [0.2, 0.25) is 11.7 Å². The van der Waals surface area contributed by atoms with Crippen LogP contribution in [0.5, 0.6) is 0 Å². The Bertz CT molecular complexity index is 822. The largest absolute Gasteiger partial charge is 0.467 e. The van der Waals surface area contributed by atoms with Crippen molar-refractivity contribution in [1.82, 2.24) is 25.5 Å². The zero-order chi connectivity index (χ0) is 17.8. The van der Waals surface area contributed by atoms with Gasteiger partial charge in [0.25, 0.3) is 0 Å². The van der Waals surface area contributed by atoms with E-state index in [4.69, 9.17) is 4.42 Å². The summed E-state index contributed by atoms with van der Waals surface area (Å²) in [5.41, 5.74) is 2.13. The minimum absolute atomic E-state index is 0.00211. The van der Waals surface area contributed by atoms with Gasteiger partial charge in [-0.15, -0.1) is 10.2 Å². The first-order chi connectivity index (χ1) is 12.0. The van der Waals surface area contributed by atoms with Crippen molar-refractivity contribution < 1.29 is 9.21 Å². The van der Waals surface area contributed by atoms with Crippen LogP contribution in [0.3, 0.4) is 0 Å². The molecular weight excluding hydrogens is 318 g/mol. The van der Waals surface area contributed by atoms with Crippen LogP contribution in [-0.2, 0) is 11.3 Å². The monoisotopic (exact) mass is 339 g/mol. The van der Waals surface area contributed by atoms with Crippen LogP contribution in [0.2, 0.25) is 0 Å². The fraction of sp³-hybridized carbons (Fsp3) is 0.333. The molecule has 0 aliphatic heterocycles. The van der Waals surface area contributed by atoms with E-state index in [9.17, 15) is 4.79 Å². The Labute approximate surface area is 146 Å². The minimum atomic E-state index is -0.214. The van der Waals surface area contributed by atoms with Crippen LogP contribution in [0.25, 0.3) is 11.4 Å². The highest BCUT2D eigenvalue weighted by Gasteiger charge is 2.14. The van der Waals surface area contributed by atoms with Gasteiger partial charge in [0.15, 0.2) is 0 Å². The van der Waals surface area contributed by atoms with E-state index in [1.54, 1.807) is 12.3 Å². The summed E-state index contributed by atoms with van der Waals surface area (Å²) < 4.78 is 5.27. The summed E-state index contributed by atoms with van der Waals surface area (Å²) in [6.07, 6.45) is 1.58. The third-order valence-electron chi connectivity index (χ3n) is 3.92. The number of hydrogen-bond donors (Lipinski definition) is 1. The van der Waals surface area contributed by atoms with Gasteiger partial charge in [0.1, 0.15) is 12.3 Å². The fourth-order valence-corrected chi connectivity index (χ4v) is 2.47. The van der Waals surface area contributed by atoms with Gasteiger partial charge in [-0.1, -0.05) is 38.1 Å². The molecule has 3 aromatic rings. The van der Waals surface area contributed by atoms with Crippen LogP contribution < -0.4 is 5.32 Å². The molecule has 1 aromatic carbocycles. The molecule has 7 nitrogen and oxygen atoms in total. The number of furan rings is 1. The van der Waals surface area contributed by atoms with Gasteiger partial charge < -0.3 is 9.73 Å². The van der Waals surface area contributed by atoms with Crippen molar-refractivity contribution in [2.45, 2.75) is 39.3 Å². The molecule has 0 saturated heterocycles. The maximum atomic E-state index is 12.1. The Balaban J connectivity index is 1.62. The van der Waals surface area contributed by atoms with E-state index in [1.165, 1.54) is 10.4 Å². The minimum Gasteiger partial charge on any atom is -0.467 e. The smallest absolute Gasteiger partial charge is 0.244 e. The second kappa shape index (κ2) is 7.29. The molecule has 1 N–H and O–H groups in total. The fourth-order valence-electron chi connectivity index (χ4n) is 2.47. The van der Waals surface area contributed by atoms with Gasteiger partial charge in [0.05, 0.1) is 12.3 Å². The van der Waals surface area contributed by atoms with Crippen LogP contribution in [0.4, 0.5) is 0 Å². The van der Waals surface area contributed by atoms with Crippen molar-refractivity contribution in [1.29, 1.82) is 0 Å². The molecule has 3 rings (SSSR count). The maximum absolute atomic E-state index is 12.1. The molecule has 0 spiro atoms. The third-order valence-corrected chi connectivity index (χ3v) is 3.92. The number of rotatable bonds is 6. The Hall–Kier alpha value is -2.96. The predicted octanol–water partition coefficient (Wildman–Crippen LogP) is 2.93. The van der Waals surface area contributed by atoms with Crippen LogP contribution in [0.15, 0.2) is 47.1 Å². The number of carbonyl (C=O) groups excluding carboxylic acids is 1. The number of amides is 1. The molecule has 0 saturated carbocycles. The van der Waals surface area contributed by atoms with E-state index in [-0.39, 0.29) is 18.5 Å². The quantitative estimate of drug-likeness (QED) is 0.746. The molecular formula is C18H21N5O2. The summed E-state index contributed by atoms with van der Waals surface area (Å²) in [6, 6.07) is 11.4. The summed E-state index contributed by atoms with van der Waals surface area (Å²) in [7, 11) is 0. The lowest BCUT2D eigenvalue weighted by atomic mass is 10.0. The molecule has 7 heteroatoms. The lowest BCUT2D eigenvalue weighted by Crippen LogP contribution is -2.30. The molecule has 0 aliphatic rings. The topological polar surface area (TPSA) is 85.8 Å². The Morgan fingerprint density at radius 1 is 1.20 bits per heavy atom. The lowest BCUT2D eigenvalue weighted by molar-refractivity contribution is -0.122. The standard InChI is InChI=1S/C18H21N5O2/c1-12(2)14-6-8-15(9-7-14)18-20-22-23(21-18)11-17(24)19-13(3)16-5-4-10-25-16/h4-10,12-13H,11H2,1-3H3,(H,19,24)/t13-/m1/s1. The molecule has 0 fully saturated rings. The highest BCUT2D eigenvalue weighted by molar-refractivity contribution is 5.75. The number of aromatic nitrogens is 4. The van der Waals surface area contributed by atoms with E-state index in [1.807, 2.05) is 25.1 Å². The number of nitrogens with zero attached hydrogens (tertiary/aromatic N) is 4. The van der Waals surface area contributed by atoms with Crippen molar-refractivity contribution in [3.63, 3.8) is 0 Å². The molecule has 1 atom stereocenters. The van der Waals surface area contributed by atoms with Crippen molar-refractivity contribution in [2.24, 2.45) is 0 Å². The summed E-state index contributed by atoms with van der Waals surface area (Å²) in [5.74, 6) is 1.47. The molecule has 2 heterocycles. The molecule has 0 radical (unpaired) electrons. The van der Waals surface area contributed by atoms with Crippen LogP contribution >= 0.6 is 0 Å². The first-order valence-corrected chi connectivity index (χ1v) is 8.24. The average Bonchev–Trinajstić information content (AvgIpc) is 3.26. The van der Waals surface area contributed by atoms with E-state index in [0.29, 0.717) is 17.5 Å². The Kier molecular flexibility index (Phi) is 4.92. The highest BCUT2D eigenvalue weighted by atomic mass is 16.3. The molecule has 130 valence electrons.